The third-order valence-corrected chi connectivity index (χ3v) is 1.95. The minimum atomic E-state index is -1.46. The van der Waals surface area contributed by atoms with Crippen LogP contribution in [0, 0.1) is 21.4 Å². The zero-order valence-electron chi connectivity index (χ0n) is 7.10. The molecule has 0 amide bonds. The van der Waals surface area contributed by atoms with Gasteiger partial charge in [0.2, 0.25) is 0 Å². The quantitative estimate of drug-likeness (QED) is 0.612. The van der Waals surface area contributed by atoms with Crippen LogP contribution in [0.25, 0.3) is 0 Å². The van der Waals surface area contributed by atoms with E-state index in [1.807, 2.05) is 0 Å². The molecule has 76 valence electrons. The molecule has 6 nitrogen and oxygen atoms in total. The summed E-state index contributed by atoms with van der Waals surface area (Å²) in [6.07, 6.45) is 0. The Morgan fingerprint density at radius 1 is 1.60 bits per heavy atom. The van der Waals surface area contributed by atoms with E-state index in [1.54, 1.807) is 6.07 Å². The van der Waals surface area contributed by atoms with Crippen LogP contribution in [0.15, 0.2) is 12.1 Å². The molecule has 0 aliphatic rings. The molecule has 0 radical (unpaired) electrons. The van der Waals surface area contributed by atoms with Crippen LogP contribution in [0.4, 0.5) is 5.69 Å². The summed E-state index contributed by atoms with van der Waals surface area (Å²) < 4.78 is 0. The number of carboxylic acid groups (broad SMARTS) is 1. The summed E-state index contributed by atoms with van der Waals surface area (Å²) >= 11 is 5.54. The van der Waals surface area contributed by atoms with Gasteiger partial charge in [-0.3, -0.25) is 10.1 Å². The standard InChI is InChI=1S/C8H3ClN2O4/c9-6-2-5(8(12)13)7(11(14)15)1-4(6)3-10/h1-2H,(H,12,13). The van der Waals surface area contributed by atoms with Gasteiger partial charge in [0, 0.05) is 6.07 Å². The van der Waals surface area contributed by atoms with Crippen LogP contribution in [0.5, 0.6) is 0 Å². The van der Waals surface area contributed by atoms with Crippen molar-refractivity contribution < 1.29 is 14.8 Å². The third-order valence-electron chi connectivity index (χ3n) is 1.63. The molecule has 0 spiro atoms. The van der Waals surface area contributed by atoms with Gasteiger partial charge in [-0.25, -0.2) is 4.79 Å². The Balaban J connectivity index is 3.54. The number of hydrogen-bond donors (Lipinski definition) is 1. The maximum absolute atomic E-state index is 10.6. The van der Waals surface area contributed by atoms with Gasteiger partial charge in [-0.1, -0.05) is 11.6 Å². The zero-order valence-corrected chi connectivity index (χ0v) is 7.85. The van der Waals surface area contributed by atoms with Crippen molar-refractivity contribution in [2.75, 3.05) is 0 Å². The van der Waals surface area contributed by atoms with Crippen LogP contribution in [-0.2, 0) is 0 Å². The van der Waals surface area contributed by atoms with Crippen molar-refractivity contribution in [1.82, 2.24) is 0 Å². The molecule has 1 N–H and O–H groups in total. The van der Waals surface area contributed by atoms with Gasteiger partial charge >= 0.3 is 5.97 Å². The maximum atomic E-state index is 10.6. The maximum Gasteiger partial charge on any atom is 0.342 e. The first kappa shape index (κ1) is 10.9. The molecule has 0 aliphatic carbocycles. The summed E-state index contributed by atoms with van der Waals surface area (Å²) in [5.41, 5.74) is -1.32. The molecule has 0 saturated carbocycles. The Morgan fingerprint density at radius 2 is 2.20 bits per heavy atom. The van der Waals surface area contributed by atoms with E-state index in [4.69, 9.17) is 22.0 Å². The fraction of sp³-hybridized carbons (Fsp3) is 0. The van der Waals surface area contributed by atoms with E-state index in [9.17, 15) is 14.9 Å². The van der Waals surface area contributed by atoms with E-state index in [1.165, 1.54) is 0 Å². The Hall–Kier alpha value is -2.13. The van der Waals surface area contributed by atoms with E-state index in [-0.39, 0.29) is 10.6 Å². The number of halogens is 1. The van der Waals surface area contributed by atoms with Crippen LogP contribution in [0.2, 0.25) is 5.02 Å². The molecule has 0 saturated heterocycles. The lowest BCUT2D eigenvalue weighted by molar-refractivity contribution is -0.385. The molecule has 1 rings (SSSR count). The van der Waals surface area contributed by atoms with Gasteiger partial charge in [0.15, 0.2) is 0 Å². The summed E-state index contributed by atoms with van der Waals surface area (Å²) in [6.45, 7) is 0. The number of carbonyl (C=O) groups is 1. The van der Waals surface area contributed by atoms with Gasteiger partial charge in [-0.2, -0.15) is 5.26 Å². The van der Waals surface area contributed by atoms with Crippen LogP contribution in [0.1, 0.15) is 15.9 Å². The van der Waals surface area contributed by atoms with Gasteiger partial charge in [-0.15, -0.1) is 0 Å². The summed E-state index contributed by atoms with van der Waals surface area (Å²) in [5.74, 6) is -1.46. The van der Waals surface area contributed by atoms with Crippen LogP contribution in [-0.4, -0.2) is 16.0 Å². The Labute approximate surface area is 88.5 Å². The molecular weight excluding hydrogens is 224 g/mol. The first-order chi connectivity index (χ1) is 6.97. The molecular formula is C8H3ClN2O4. The molecule has 0 bridgehead atoms. The molecule has 0 fully saturated rings. The lowest BCUT2D eigenvalue weighted by Gasteiger charge is -1.99. The highest BCUT2D eigenvalue weighted by molar-refractivity contribution is 6.32. The van der Waals surface area contributed by atoms with Crippen molar-refractivity contribution >= 4 is 23.3 Å². The second kappa shape index (κ2) is 3.94. The second-order valence-corrected chi connectivity index (χ2v) is 2.93. The summed E-state index contributed by atoms with van der Waals surface area (Å²) in [4.78, 5) is 20.3. The molecule has 0 heterocycles. The number of hydrogen-bond acceptors (Lipinski definition) is 4. The van der Waals surface area contributed by atoms with E-state index in [2.05, 4.69) is 0 Å². The summed E-state index contributed by atoms with van der Waals surface area (Å²) in [7, 11) is 0. The first-order valence-electron chi connectivity index (χ1n) is 3.58. The summed E-state index contributed by atoms with van der Waals surface area (Å²) in [5, 5.41) is 27.6. The normalized spacial score (nSPS) is 9.33. The van der Waals surface area contributed by atoms with Crippen LogP contribution >= 0.6 is 11.6 Å². The number of rotatable bonds is 2. The van der Waals surface area contributed by atoms with Crippen molar-refractivity contribution in [3.8, 4) is 6.07 Å². The highest BCUT2D eigenvalue weighted by Gasteiger charge is 2.22. The lowest BCUT2D eigenvalue weighted by Crippen LogP contribution is -2.03. The fourth-order valence-corrected chi connectivity index (χ4v) is 1.18. The highest BCUT2D eigenvalue weighted by Crippen LogP contribution is 2.26. The SMILES string of the molecule is N#Cc1cc([N+](=O)[O-])c(C(=O)O)cc1Cl. The van der Waals surface area contributed by atoms with Crippen molar-refractivity contribution in [1.29, 1.82) is 5.26 Å². The monoisotopic (exact) mass is 226 g/mol. The largest absolute Gasteiger partial charge is 0.477 e. The number of nitro groups is 1. The number of nitriles is 1. The summed E-state index contributed by atoms with van der Waals surface area (Å²) in [6, 6.07) is 3.36. The molecule has 7 heteroatoms. The average Bonchev–Trinajstić information content (AvgIpc) is 2.16. The van der Waals surface area contributed by atoms with Crippen molar-refractivity contribution in [3.05, 3.63) is 38.4 Å². The van der Waals surface area contributed by atoms with Crippen LogP contribution < -0.4 is 0 Å². The predicted octanol–water partition coefficient (Wildman–Crippen LogP) is 1.82. The van der Waals surface area contributed by atoms with Gasteiger partial charge in [-0.05, 0) is 6.07 Å². The van der Waals surface area contributed by atoms with Crippen molar-refractivity contribution in [3.63, 3.8) is 0 Å². The van der Waals surface area contributed by atoms with Gasteiger partial charge in [0.05, 0.1) is 15.5 Å². The molecule has 1 aromatic carbocycles. The number of benzene rings is 1. The Kier molecular flexibility index (Phi) is 2.87. The smallest absolute Gasteiger partial charge is 0.342 e. The molecule has 0 unspecified atom stereocenters. The molecule has 15 heavy (non-hydrogen) atoms. The van der Waals surface area contributed by atoms with Crippen molar-refractivity contribution in [2.45, 2.75) is 0 Å². The van der Waals surface area contributed by atoms with Gasteiger partial charge in [0.25, 0.3) is 5.69 Å². The minimum Gasteiger partial charge on any atom is -0.477 e. The number of carboxylic acids is 1. The number of nitrogens with zero attached hydrogens (tertiary/aromatic N) is 2. The van der Waals surface area contributed by atoms with E-state index < -0.39 is 22.1 Å². The Bertz CT molecular complexity index is 492. The lowest BCUT2D eigenvalue weighted by atomic mass is 10.1. The van der Waals surface area contributed by atoms with E-state index in [0.29, 0.717) is 0 Å². The fourth-order valence-electron chi connectivity index (χ4n) is 0.970. The van der Waals surface area contributed by atoms with Gasteiger partial charge in [0.1, 0.15) is 11.6 Å². The first-order valence-corrected chi connectivity index (χ1v) is 3.96. The second-order valence-electron chi connectivity index (χ2n) is 2.52. The molecule has 0 atom stereocenters. The molecule has 1 aromatic rings. The number of nitro benzene ring substituents is 1. The number of aromatic carboxylic acids is 1. The zero-order chi connectivity index (χ0) is 11.6. The van der Waals surface area contributed by atoms with Crippen molar-refractivity contribution in [2.24, 2.45) is 0 Å². The predicted molar refractivity (Wildman–Crippen MR) is 49.8 cm³/mol. The molecule has 0 aliphatic heterocycles. The topological polar surface area (TPSA) is 104 Å². The minimum absolute atomic E-state index is 0.125. The Morgan fingerprint density at radius 3 is 2.60 bits per heavy atom. The van der Waals surface area contributed by atoms with E-state index in [0.717, 1.165) is 12.1 Å². The molecule has 0 aromatic heterocycles. The van der Waals surface area contributed by atoms with E-state index >= 15 is 0 Å². The average molecular weight is 227 g/mol. The highest BCUT2D eigenvalue weighted by atomic mass is 35.5. The van der Waals surface area contributed by atoms with Crippen LogP contribution in [0.3, 0.4) is 0 Å². The van der Waals surface area contributed by atoms with Gasteiger partial charge < -0.3 is 5.11 Å². The third kappa shape index (κ3) is 2.03.